The molecule has 2 heterocycles. The van der Waals surface area contributed by atoms with Crippen molar-refractivity contribution >= 4 is 17.3 Å². The van der Waals surface area contributed by atoms with Gasteiger partial charge in [0.25, 0.3) is 0 Å². The smallest absolute Gasteiger partial charge is 0.191 e. The summed E-state index contributed by atoms with van der Waals surface area (Å²) in [6.45, 7) is 3.90. The van der Waals surface area contributed by atoms with Crippen LogP contribution in [0.4, 0.5) is 0 Å². The molecular formula is C17H22N4O2S. The van der Waals surface area contributed by atoms with E-state index in [4.69, 9.17) is 9.47 Å². The van der Waals surface area contributed by atoms with E-state index in [1.54, 1.807) is 18.4 Å². The van der Waals surface area contributed by atoms with Gasteiger partial charge >= 0.3 is 0 Å². The lowest BCUT2D eigenvalue weighted by atomic mass is 10.2. The van der Waals surface area contributed by atoms with Gasteiger partial charge in [-0.2, -0.15) is 0 Å². The summed E-state index contributed by atoms with van der Waals surface area (Å²) >= 11 is 1.69. The number of rotatable bonds is 5. The fraction of sp³-hybridized carbons (Fsp3) is 0.412. The molecule has 128 valence electrons. The largest absolute Gasteiger partial charge is 0.486 e. The van der Waals surface area contributed by atoms with E-state index >= 15 is 0 Å². The van der Waals surface area contributed by atoms with Crippen molar-refractivity contribution in [1.82, 2.24) is 15.6 Å². The summed E-state index contributed by atoms with van der Waals surface area (Å²) in [6, 6.07) is 7.71. The van der Waals surface area contributed by atoms with Crippen LogP contribution in [-0.2, 0) is 13.0 Å². The summed E-state index contributed by atoms with van der Waals surface area (Å²) in [6.07, 6.45) is 0.919. The lowest BCUT2D eigenvalue weighted by Crippen LogP contribution is -2.45. The molecule has 2 aromatic rings. The van der Waals surface area contributed by atoms with Gasteiger partial charge in [-0.15, -0.1) is 11.3 Å². The first-order valence-electron chi connectivity index (χ1n) is 8.04. The number of hydrogen-bond donors (Lipinski definition) is 2. The second-order valence-corrected chi connectivity index (χ2v) is 6.33. The molecule has 2 N–H and O–H groups in total. The fourth-order valence-corrected chi connectivity index (χ4v) is 3.11. The number of hydrogen-bond acceptors (Lipinski definition) is 5. The standard InChI is InChI=1S/C17H22N4O2S/c1-3-16-21-12(11-24-16)8-19-17(18-2)20-9-13-10-22-14-6-4-5-7-15(14)23-13/h4-7,11,13H,3,8-10H2,1-2H3,(H2,18,19,20)/t13-/m1/s1. The third-order valence-electron chi connectivity index (χ3n) is 3.63. The number of fused-ring (bicyclic) bond motifs is 1. The molecule has 0 saturated heterocycles. The van der Waals surface area contributed by atoms with Gasteiger partial charge in [0.15, 0.2) is 17.5 Å². The molecule has 0 fully saturated rings. The van der Waals surface area contributed by atoms with E-state index in [1.165, 1.54) is 0 Å². The third kappa shape index (κ3) is 4.17. The Kier molecular flexibility index (Phi) is 5.53. The first kappa shape index (κ1) is 16.6. The highest BCUT2D eigenvalue weighted by Crippen LogP contribution is 2.30. The van der Waals surface area contributed by atoms with E-state index in [0.717, 1.165) is 34.6 Å². The van der Waals surface area contributed by atoms with Crippen molar-refractivity contribution in [3.8, 4) is 11.5 Å². The summed E-state index contributed by atoms with van der Waals surface area (Å²) in [5.74, 6) is 2.31. The molecule has 6 nitrogen and oxygen atoms in total. The normalized spacial score (nSPS) is 16.8. The molecule has 0 radical (unpaired) electrons. The predicted molar refractivity (Wildman–Crippen MR) is 96.0 cm³/mol. The molecule has 1 atom stereocenters. The zero-order valence-corrected chi connectivity index (χ0v) is 14.7. The Balaban J connectivity index is 1.46. The van der Waals surface area contributed by atoms with Crippen LogP contribution in [0.2, 0.25) is 0 Å². The Morgan fingerprint density at radius 1 is 1.33 bits per heavy atom. The predicted octanol–water partition coefficient (Wildman–Crippen LogP) is 2.21. The second kappa shape index (κ2) is 8.01. The number of ether oxygens (including phenoxy) is 2. The summed E-state index contributed by atoms with van der Waals surface area (Å²) in [7, 11) is 1.75. The average molecular weight is 346 g/mol. The maximum atomic E-state index is 5.93. The third-order valence-corrected chi connectivity index (χ3v) is 4.67. The van der Waals surface area contributed by atoms with E-state index in [-0.39, 0.29) is 6.10 Å². The Morgan fingerprint density at radius 2 is 2.17 bits per heavy atom. The second-order valence-electron chi connectivity index (χ2n) is 5.39. The molecule has 1 aliphatic heterocycles. The number of nitrogens with zero attached hydrogens (tertiary/aromatic N) is 2. The minimum Gasteiger partial charge on any atom is -0.486 e. The average Bonchev–Trinajstić information content (AvgIpc) is 3.10. The first-order valence-corrected chi connectivity index (χ1v) is 8.92. The zero-order chi connectivity index (χ0) is 16.8. The molecule has 1 aromatic carbocycles. The van der Waals surface area contributed by atoms with E-state index in [9.17, 15) is 0 Å². The van der Waals surface area contributed by atoms with Crippen LogP contribution >= 0.6 is 11.3 Å². The zero-order valence-electron chi connectivity index (χ0n) is 13.9. The molecule has 0 saturated carbocycles. The lowest BCUT2D eigenvalue weighted by Gasteiger charge is -2.27. The van der Waals surface area contributed by atoms with Crippen LogP contribution in [0.15, 0.2) is 34.6 Å². The van der Waals surface area contributed by atoms with Gasteiger partial charge in [0.05, 0.1) is 23.8 Å². The molecule has 24 heavy (non-hydrogen) atoms. The minimum absolute atomic E-state index is 0.0515. The maximum Gasteiger partial charge on any atom is 0.191 e. The molecule has 7 heteroatoms. The monoisotopic (exact) mass is 346 g/mol. The number of para-hydroxylation sites is 2. The molecule has 1 aliphatic rings. The van der Waals surface area contributed by atoms with Crippen molar-refractivity contribution in [2.75, 3.05) is 20.2 Å². The van der Waals surface area contributed by atoms with Crippen LogP contribution in [0.5, 0.6) is 11.5 Å². The summed E-state index contributed by atoms with van der Waals surface area (Å²) in [4.78, 5) is 8.77. The van der Waals surface area contributed by atoms with Gasteiger partial charge in [0.1, 0.15) is 12.7 Å². The van der Waals surface area contributed by atoms with Gasteiger partial charge in [0.2, 0.25) is 0 Å². The summed E-state index contributed by atoms with van der Waals surface area (Å²) < 4.78 is 11.6. The quantitative estimate of drug-likeness (QED) is 0.642. The van der Waals surface area contributed by atoms with Gasteiger partial charge in [0, 0.05) is 12.4 Å². The van der Waals surface area contributed by atoms with E-state index in [0.29, 0.717) is 19.7 Å². The van der Waals surface area contributed by atoms with Crippen LogP contribution in [0, 0.1) is 0 Å². The van der Waals surface area contributed by atoms with Crippen LogP contribution in [0.1, 0.15) is 17.6 Å². The lowest BCUT2D eigenvalue weighted by molar-refractivity contribution is 0.0936. The van der Waals surface area contributed by atoms with Crippen molar-refractivity contribution in [2.24, 2.45) is 4.99 Å². The SMILES string of the molecule is CCc1nc(CNC(=NC)NC[C@@H]2COc3ccccc3O2)cs1. The minimum atomic E-state index is -0.0515. The summed E-state index contributed by atoms with van der Waals surface area (Å²) in [5, 5.41) is 9.77. The molecule has 1 aromatic heterocycles. The van der Waals surface area contributed by atoms with Gasteiger partial charge in [-0.3, -0.25) is 4.99 Å². The van der Waals surface area contributed by atoms with Crippen molar-refractivity contribution < 1.29 is 9.47 Å². The van der Waals surface area contributed by atoms with Gasteiger partial charge in [-0.25, -0.2) is 4.98 Å². The van der Waals surface area contributed by atoms with Gasteiger partial charge < -0.3 is 20.1 Å². The molecule has 0 amide bonds. The molecule has 0 bridgehead atoms. The van der Waals surface area contributed by atoms with Crippen molar-refractivity contribution in [3.63, 3.8) is 0 Å². The maximum absolute atomic E-state index is 5.93. The fourth-order valence-electron chi connectivity index (χ4n) is 2.36. The van der Waals surface area contributed by atoms with Gasteiger partial charge in [-0.05, 0) is 18.6 Å². The number of nitrogens with one attached hydrogen (secondary N) is 2. The van der Waals surface area contributed by atoms with Crippen LogP contribution in [-0.4, -0.2) is 37.2 Å². The molecule has 3 rings (SSSR count). The number of thiazole rings is 1. The number of aryl methyl sites for hydroxylation is 1. The van der Waals surface area contributed by atoms with E-state index in [1.807, 2.05) is 24.3 Å². The first-order chi connectivity index (χ1) is 11.8. The number of guanidine groups is 1. The van der Waals surface area contributed by atoms with Crippen LogP contribution in [0.25, 0.3) is 0 Å². The van der Waals surface area contributed by atoms with Crippen molar-refractivity contribution in [2.45, 2.75) is 26.0 Å². The van der Waals surface area contributed by atoms with Crippen LogP contribution in [0.3, 0.4) is 0 Å². The number of aliphatic imine (C=N–C) groups is 1. The highest BCUT2D eigenvalue weighted by molar-refractivity contribution is 7.09. The van der Waals surface area contributed by atoms with Crippen molar-refractivity contribution in [1.29, 1.82) is 0 Å². The highest BCUT2D eigenvalue weighted by Gasteiger charge is 2.20. The molecule has 0 spiro atoms. The van der Waals surface area contributed by atoms with E-state index < -0.39 is 0 Å². The Bertz CT molecular complexity index is 701. The Labute approximate surface area is 145 Å². The molecule has 0 unspecified atom stereocenters. The molecule has 0 aliphatic carbocycles. The van der Waals surface area contributed by atoms with Gasteiger partial charge in [-0.1, -0.05) is 19.1 Å². The topological polar surface area (TPSA) is 67.8 Å². The summed E-state index contributed by atoms with van der Waals surface area (Å²) in [5.41, 5.74) is 1.03. The number of benzene rings is 1. The Hall–Kier alpha value is -2.28. The van der Waals surface area contributed by atoms with Crippen molar-refractivity contribution in [3.05, 3.63) is 40.3 Å². The highest BCUT2D eigenvalue weighted by atomic mass is 32.1. The molecular weight excluding hydrogens is 324 g/mol. The number of aromatic nitrogens is 1. The van der Waals surface area contributed by atoms with Crippen LogP contribution < -0.4 is 20.1 Å². The Morgan fingerprint density at radius 3 is 2.92 bits per heavy atom. The van der Waals surface area contributed by atoms with E-state index in [2.05, 4.69) is 32.9 Å².